The highest BCUT2D eigenvalue weighted by atomic mass is 16.6. The van der Waals surface area contributed by atoms with E-state index < -0.39 is 10.8 Å². The zero-order valence-corrected chi connectivity index (χ0v) is 10.6. The maximum absolute atomic E-state index is 10.9. The number of pyridine rings is 1. The highest BCUT2D eigenvalue weighted by Gasteiger charge is 2.31. The van der Waals surface area contributed by atoms with E-state index in [9.17, 15) is 10.1 Å². The van der Waals surface area contributed by atoms with E-state index >= 15 is 0 Å². The minimum atomic E-state index is -0.641. The maximum Gasteiger partial charge on any atom is 0.298 e. The van der Waals surface area contributed by atoms with Crippen molar-refractivity contribution in [3.63, 3.8) is 0 Å². The third-order valence-corrected chi connectivity index (χ3v) is 3.03. The van der Waals surface area contributed by atoms with Gasteiger partial charge >= 0.3 is 0 Å². The Kier molecular flexibility index (Phi) is 3.99. The number of aromatic nitrogens is 1. The van der Waals surface area contributed by atoms with Gasteiger partial charge in [-0.25, -0.2) is 4.98 Å². The summed E-state index contributed by atoms with van der Waals surface area (Å²) in [5.74, 6) is 0.0482. The Morgan fingerprint density at radius 3 is 2.80 bits per heavy atom. The van der Waals surface area contributed by atoms with E-state index in [-0.39, 0.29) is 24.0 Å². The van der Waals surface area contributed by atoms with Gasteiger partial charge in [0.25, 0.3) is 5.69 Å². The van der Waals surface area contributed by atoms with Gasteiger partial charge in [-0.2, -0.15) is 0 Å². The van der Waals surface area contributed by atoms with Crippen molar-refractivity contribution in [2.75, 3.05) is 18.1 Å². The van der Waals surface area contributed by atoms with Gasteiger partial charge < -0.3 is 20.9 Å². The molecule has 0 radical (unpaired) electrons. The van der Waals surface area contributed by atoms with Gasteiger partial charge in [-0.15, -0.1) is 0 Å². The molecule has 1 aromatic heterocycles. The van der Waals surface area contributed by atoms with Crippen LogP contribution < -0.4 is 10.6 Å². The van der Waals surface area contributed by atoms with E-state index in [1.165, 1.54) is 12.1 Å². The van der Waals surface area contributed by atoms with Gasteiger partial charge in [0.1, 0.15) is 5.82 Å². The van der Waals surface area contributed by atoms with Gasteiger partial charge in [-0.1, -0.05) is 5.16 Å². The standard InChI is InChI=1S/C11H15N5O4/c12-11(14-18)10-8(16(19)20)3-4-9(13-10)15(5-6-17)7-1-2-7/h3-4,7,17-18H,1-2,5-6H2,(H2,12,14). The Morgan fingerprint density at radius 2 is 2.30 bits per heavy atom. The molecule has 1 saturated carbocycles. The molecule has 1 aliphatic rings. The van der Waals surface area contributed by atoms with Crippen LogP contribution in [-0.2, 0) is 0 Å². The molecule has 0 unspecified atom stereocenters. The fourth-order valence-electron chi connectivity index (χ4n) is 1.96. The molecule has 9 nitrogen and oxygen atoms in total. The van der Waals surface area contributed by atoms with E-state index in [1.54, 1.807) is 0 Å². The van der Waals surface area contributed by atoms with Crippen LogP contribution in [0.15, 0.2) is 17.3 Å². The highest BCUT2D eigenvalue weighted by molar-refractivity contribution is 5.99. The molecule has 1 fully saturated rings. The van der Waals surface area contributed by atoms with E-state index in [2.05, 4.69) is 10.1 Å². The number of aliphatic hydroxyl groups is 1. The number of anilines is 1. The van der Waals surface area contributed by atoms with E-state index in [4.69, 9.17) is 16.0 Å². The fourth-order valence-corrected chi connectivity index (χ4v) is 1.96. The molecule has 20 heavy (non-hydrogen) atoms. The normalized spacial score (nSPS) is 15.2. The predicted molar refractivity (Wildman–Crippen MR) is 70.9 cm³/mol. The number of rotatable bonds is 6. The number of nitrogens with two attached hydrogens (primary N) is 1. The molecular weight excluding hydrogens is 266 g/mol. The Hall–Kier alpha value is -2.42. The van der Waals surface area contributed by atoms with Gasteiger partial charge in [0.15, 0.2) is 11.5 Å². The SMILES string of the molecule is N/C(=N/O)c1nc(N(CCO)C2CC2)ccc1[N+](=O)[O-]. The number of hydrogen-bond acceptors (Lipinski definition) is 7. The average molecular weight is 281 g/mol. The zero-order chi connectivity index (χ0) is 14.7. The first kappa shape index (κ1) is 14.0. The van der Waals surface area contributed by atoms with Crippen LogP contribution in [0.1, 0.15) is 18.5 Å². The van der Waals surface area contributed by atoms with Crippen LogP contribution >= 0.6 is 0 Å². The number of nitro groups is 1. The van der Waals surface area contributed by atoms with Crippen molar-refractivity contribution in [2.24, 2.45) is 10.9 Å². The van der Waals surface area contributed by atoms with Gasteiger partial charge in [0.05, 0.1) is 11.5 Å². The molecule has 0 aromatic carbocycles. The molecule has 1 aliphatic carbocycles. The third kappa shape index (κ3) is 2.77. The van der Waals surface area contributed by atoms with Crippen LogP contribution in [0.5, 0.6) is 0 Å². The fraction of sp³-hybridized carbons (Fsp3) is 0.455. The number of aliphatic hydroxyl groups excluding tert-OH is 1. The molecule has 9 heteroatoms. The van der Waals surface area contributed by atoms with Gasteiger partial charge in [-0.05, 0) is 18.9 Å². The minimum absolute atomic E-state index is 0.0475. The molecule has 0 spiro atoms. The summed E-state index contributed by atoms with van der Waals surface area (Å²) in [4.78, 5) is 16.2. The second kappa shape index (κ2) is 5.70. The van der Waals surface area contributed by atoms with Crippen LogP contribution in [0.4, 0.5) is 11.5 Å². The summed E-state index contributed by atoms with van der Waals surface area (Å²) in [6, 6.07) is 3.04. The monoisotopic (exact) mass is 281 g/mol. The minimum Gasteiger partial charge on any atom is -0.409 e. The summed E-state index contributed by atoms with van der Waals surface area (Å²) in [6.07, 6.45) is 1.97. The molecule has 4 N–H and O–H groups in total. The summed E-state index contributed by atoms with van der Waals surface area (Å²) in [5, 5.41) is 31.5. The Morgan fingerprint density at radius 1 is 1.60 bits per heavy atom. The van der Waals surface area contributed by atoms with Crippen molar-refractivity contribution in [3.8, 4) is 0 Å². The maximum atomic E-state index is 10.9. The van der Waals surface area contributed by atoms with Crippen molar-refractivity contribution in [2.45, 2.75) is 18.9 Å². The van der Waals surface area contributed by atoms with Crippen LogP contribution in [-0.4, -0.2) is 45.3 Å². The largest absolute Gasteiger partial charge is 0.409 e. The molecule has 0 aliphatic heterocycles. The van der Waals surface area contributed by atoms with Gasteiger partial charge in [0.2, 0.25) is 0 Å². The first-order chi connectivity index (χ1) is 9.58. The molecule has 1 heterocycles. The zero-order valence-electron chi connectivity index (χ0n) is 10.6. The van der Waals surface area contributed by atoms with Crippen LogP contribution in [0.25, 0.3) is 0 Å². The summed E-state index contributed by atoms with van der Waals surface area (Å²) in [6.45, 7) is 0.333. The quantitative estimate of drug-likeness (QED) is 0.220. The molecule has 2 rings (SSSR count). The molecule has 0 bridgehead atoms. The Balaban J connectivity index is 2.42. The van der Waals surface area contributed by atoms with Crippen molar-refractivity contribution in [1.82, 2.24) is 4.98 Å². The molecule has 0 atom stereocenters. The van der Waals surface area contributed by atoms with E-state index in [1.807, 2.05) is 4.90 Å². The topological polar surface area (TPSA) is 138 Å². The number of oxime groups is 1. The molecule has 1 aromatic rings. The lowest BCUT2D eigenvalue weighted by molar-refractivity contribution is -0.385. The van der Waals surface area contributed by atoms with Crippen molar-refractivity contribution < 1.29 is 15.2 Å². The van der Waals surface area contributed by atoms with Crippen molar-refractivity contribution in [1.29, 1.82) is 0 Å². The molecule has 0 saturated heterocycles. The lowest BCUT2D eigenvalue weighted by Crippen LogP contribution is -2.30. The smallest absolute Gasteiger partial charge is 0.298 e. The van der Waals surface area contributed by atoms with Crippen LogP contribution in [0.3, 0.4) is 0 Å². The summed E-state index contributed by atoms with van der Waals surface area (Å²) < 4.78 is 0. The first-order valence-electron chi connectivity index (χ1n) is 6.09. The molecular formula is C11H15N5O4. The van der Waals surface area contributed by atoms with Gasteiger partial charge in [-0.3, -0.25) is 10.1 Å². The third-order valence-electron chi connectivity index (χ3n) is 3.03. The Labute approximate surface area is 114 Å². The number of amidine groups is 1. The number of hydrogen-bond donors (Lipinski definition) is 3. The first-order valence-corrected chi connectivity index (χ1v) is 6.09. The summed E-state index contributed by atoms with van der Waals surface area (Å²) in [5.41, 5.74) is 4.92. The highest BCUT2D eigenvalue weighted by Crippen LogP contribution is 2.31. The van der Waals surface area contributed by atoms with E-state index in [0.717, 1.165) is 12.8 Å². The van der Waals surface area contributed by atoms with Crippen LogP contribution in [0, 0.1) is 10.1 Å². The molecule has 108 valence electrons. The van der Waals surface area contributed by atoms with Crippen molar-refractivity contribution in [3.05, 3.63) is 27.9 Å². The average Bonchev–Trinajstić information content (AvgIpc) is 3.27. The second-order valence-corrected chi connectivity index (χ2v) is 4.43. The van der Waals surface area contributed by atoms with Crippen molar-refractivity contribution >= 4 is 17.3 Å². The summed E-state index contributed by atoms with van der Waals surface area (Å²) in [7, 11) is 0. The summed E-state index contributed by atoms with van der Waals surface area (Å²) >= 11 is 0. The lowest BCUT2D eigenvalue weighted by Gasteiger charge is -2.22. The lowest BCUT2D eigenvalue weighted by atomic mass is 10.2. The Bertz CT molecular complexity index is 544. The van der Waals surface area contributed by atoms with Gasteiger partial charge in [0, 0.05) is 18.7 Å². The number of nitrogens with zero attached hydrogens (tertiary/aromatic N) is 4. The van der Waals surface area contributed by atoms with E-state index in [0.29, 0.717) is 12.4 Å². The van der Waals surface area contributed by atoms with Crippen LogP contribution in [0.2, 0.25) is 0 Å². The second-order valence-electron chi connectivity index (χ2n) is 4.43. The predicted octanol–water partition coefficient (Wildman–Crippen LogP) is 0.0454. The molecule has 0 amide bonds.